The predicted molar refractivity (Wildman–Crippen MR) is 81.8 cm³/mol. The first-order chi connectivity index (χ1) is 9.66. The SMILES string of the molecule is NC(=O)c1[nH]c2ccccc2c1Sc1ccccc1N. The van der Waals surface area contributed by atoms with Gasteiger partial charge in [-0.05, 0) is 18.2 Å². The van der Waals surface area contributed by atoms with Crippen LogP contribution >= 0.6 is 11.8 Å². The number of nitrogens with one attached hydrogen (secondary N) is 1. The van der Waals surface area contributed by atoms with Crippen molar-refractivity contribution in [2.24, 2.45) is 5.73 Å². The first-order valence-corrected chi connectivity index (χ1v) is 6.91. The molecule has 0 aliphatic carbocycles. The zero-order valence-corrected chi connectivity index (χ0v) is 11.4. The summed E-state index contributed by atoms with van der Waals surface area (Å²) in [5, 5.41) is 0.967. The van der Waals surface area contributed by atoms with Crippen molar-refractivity contribution in [1.82, 2.24) is 4.98 Å². The summed E-state index contributed by atoms with van der Waals surface area (Å²) in [5.74, 6) is -0.474. The minimum Gasteiger partial charge on any atom is -0.398 e. The van der Waals surface area contributed by atoms with Crippen molar-refractivity contribution in [1.29, 1.82) is 0 Å². The third kappa shape index (κ3) is 2.12. The fourth-order valence-electron chi connectivity index (χ4n) is 2.08. The lowest BCUT2D eigenvalue weighted by Crippen LogP contribution is -2.12. The molecule has 0 saturated heterocycles. The van der Waals surface area contributed by atoms with Crippen LogP contribution in [0.3, 0.4) is 0 Å². The van der Waals surface area contributed by atoms with Crippen molar-refractivity contribution in [3.05, 3.63) is 54.2 Å². The fourth-order valence-corrected chi connectivity index (χ4v) is 3.17. The lowest BCUT2D eigenvalue weighted by Gasteiger charge is -2.05. The number of primary amides is 1. The zero-order chi connectivity index (χ0) is 14.1. The Morgan fingerprint density at radius 3 is 2.50 bits per heavy atom. The number of amides is 1. The van der Waals surface area contributed by atoms with Crippen molar-refractivity contribution in [3.8, 4) is 0 Å². The molecule has 5 heteroatoms. The van der Waals surface area contributed by atoms with E-state index in [1.54, 1.807) is 0 Å². The third-order valence-electron chi connectivity index (χ3n) is 3.04. The molecule has 1 amide bonds. The molecule has 0 atom stereocenters. The van der Waals surface area contributed by atoms with Gasteiger partial charge in [-0.2, -0.15) is 0 Å². The normalized spacial score (nSPS) is 10.8. The van der Waals surface area contributed by atoms with Gasteiger partial charge in [-0.1, -0.05) is 42.1 Å². The van der Waals surface area contributed by atoms with Crippen LogP contribution in [0.1, 0.15) is 10.5 Å². The van der Waals surface area contributed by atoms with Crippen LogP contribution in [-0.2, 0) is 0 Å². The molecule has 100 valence electrons. The van der Waals surface area contributed by atoms with Crippen LogP contribution in [0.15, 0.2) is 58.3 Å². The monoisotopic (exact) mass is 283 g/mol. The molecular formula is C15H13N3OS. The van der Waals surface area contributed by atoms with Crippen molar-refractivity contribution in [2.75, 3.05) is 5.73 Å². The molecule has 0 spiro atoms. The van der Waals surface area contributed by atoms with Crippen LogP contribution in [0.2, 0.25) is 0 Å². The summed E-state index contributed by atoms with van der Waals surface area (Å²) in [7, 11) is 0. The number of aromatic nitrogens is 1. The van der Waals surface area contributed by atoms with Crippen LogP contribution in [0.25, 0.3) is 10.9 Å². The van der Waals surface area contributed by atoms with Gasteiger partial charge < -0.3 is 16.5 Å². The van der Waals surface area contributed by atoms with E-state index in [0.29, 0.717) is 11.4 Å². The van der Waals surface area contributed by atoms with E-state index in [0.717, 1.165) is 20.7 Å². The van der Waals surface area contributed by atoms with Crippen molar-refractivity contribution < 1.29 is 4.79 Å². The van der Waals surface area contributed by atoms with E-state index in [-0.39, 0.29) is 0 Å². The highest BCUT2D eigenvalue weighted by molar-refractivity contribution is 7.99. The maximum atomic E-state index is 11.6. The lowest BCUT2D eigenvalue weighted by molar-refractivity contribution is 0.0993. The van der Waals surface area contributed by atoms with Crippen molar-refractivity contribution >= 4 is 34.3 Å². The van der Waals surface area contributed by atoms with Gasteiger partial charge in [0.15, 0.2) is 0 Å². The number of nitrogens with two attached hydrogens (primary N) is 2. The van der Waals surface area contributed by atoms with E-state index < -0.39 is 5.91 Å². The van der Waals surface area contributed by atoms with Crippen LogP contribution < -0.4 is 11.5 Å². The number of hydrogen-bond acceptors (Lipinski definition) is 3. The van der Waals surface area contributed by atoms with E-state index in [9.17, 15) is 4.79 Å². The first-order valence-electron chi connectivity index (χ1n) is 6.09. The fraction of sp³-hybridized carbons (Fsp3) is 0. The number of H-pyrrole nitrogens is 1. The summed E-state index contributed by atoms with van der Waals surface area (Å²) < 4.78 is 0. The number of para-hydroxylation sites is 2. The zero-order valence-electron chi connectivity index (χ0n) is 10.6. The van der Waals surface area contributed by atoms with Gasteiger partial charge in [0.1, 0.15) is 5.69 Å². The van der Waals surface area contributed by atoms with Gasteiger partial charge in [-0.25, -0.2) is 0 Å². The number of aromatic amines is 1. The van der Waals surface area contributed by atoms with Crippen LogP contribution in [0, 0.1) is 0 Å². The summed E-state index contributed by atoms with van der Waals surface area (Å²) in [6, 6.07) is 15.3. The summed E-state index contributed by atoms with van der Waals surface area (Å²) in [6.07, 6.45) is 0. The number of benzene rings is 2. The second-order valence-electron chi connectivity index (χ2n) is 4.38. The molecule has 0 aliphatic heterocycles. The number of carbonyl (C=O) groups is 1. The van der Waals surface area contributed by atoms with E-state index >= 15 is 0 Å². The quantitative estimate of drug-likeness (QED) is 0.646. The molecule has 0 fully saturated rings. The average Bonchev–Trinajstić information content (AvgIpc) is 2.81. The largest absolute Gasteiger partial charge is 0.398 e. The molecule has 20 heavy (non-hydrogen) atoms. The van der Waals surface area contributed by atoms with Crippen LogP contribution in [0.4, 0.5) is 5.69 Å². The molecule has 3 rings (SSSR count). The smallest absolute Gasteiger partial charge is 0.266 e. The van der Waals surface area contributed by atoms with E-state index in [4.69, 9.17) is 11.5 Å². The molecule has 0 unspecified atom stereocenters. The standard InChI is InChI=1S/C15H13N3OS/c16-10-6-2-4-8-12(10)20-14-9-5-1-3-7-11(9)18-13(14)15(17)19/h1-8,18H,16H2,(H2,17,19). The van der Waals surface area contributed by atoms with E-state index in [1.165, 1.54) is 11.8 Å². The number of anilines is 1. The summed E-state index contributed by atoms with van der Waals surface area (Å²) in [5.41, 5.74) is 13.4. The number of carbonyl (C=O) groups excluding carboxylic acids is 1. The van der Waals surface area contributed by atoms with Crippen LogP contribution in [-0.4, -0.2) is 10.9 Å². The van der Waals surface area contributed by atoms with Gasteiger partial charge in [0.2, 0.25) is 0 Å². The number of rotatable bonds is 3. The van der Waals surface area contributed by atoms with Gasteiger partial charge in [0.25, 0.3) is 5.91 Å². The Labute approximate surface area is 120 Å². The van der Waals surface area contributed by atoms with Crippen molar-refractivity contribution in [2.45, 2.75) is 9.79 Å². The molecule has 3 aromatic rings. The van der Waals surface area contributed by atoms with Crippen molar-refractivity contribution in [3.63, 3.8) is 0 Å². The predicted octanol–water partition coefficient (Wildman–Crippen LogP) is 3.00. The average molecular weight is 283 g/mol. The Kier molecular flexibility index (Phi) is 3.12. The van der Waals surface area contributed by atoms with Gasteiger partial charge in [0.05, 0.1) is 4.90 Å². The second-order valence-corrected chi connectivity index (χ2v) is 5.43. The molecule has 0 saturated carbocycles. The minimum absolute atomic E-state index is 0.416. The Morgan fingerprint density at radius 2 is 1.75 bits per heavy atom. The Hall–Kier alpha value is -2.40. The lowest BCUT2D eigenvalue weighted by atomic mass is 10.2. The second kappa shape index (κ2) is 4.94. The third-order valence-corrected chi connectivity index (χ3v) is 4.26. The summed E-state index contributed by atoms with van der Waals surface area (Å²) in [4.78, 5) is 16.4. The Bertz CT molecular complexity index is 795. The first kappa shape index (κ1) is 12.6. The maximum absolute atomic E-state index is 11.6. The highest BCUT2D eigenvalue weighted by Crippen LogP contribution is 2.38. The molecular weight excluding hydrogens is 270 g/mol. The number of nitrogen functional groups attached to an aromatic ring is 1. The molecule has 0 aliphatic rings. The number of fused-ring (bicyclic) bond motifs is 1. The molecule has 0 bridgehead atoms. The maximum Gasteiger partial charge on any atom is 0.266 e. The number of hydrogen-bond donors (Lipinski definition) is 3. The molecule has 5 N–H and O–H groups in total. The Balaban J connectivity index is 2.17. The van der Waals surface area contributed by atoms with E-state index in [1.807, 2.05) is 48.5 Å². The molecule has 0 radical (unpaired) electrons. The minimum atomic E-state index is -0.474. The summed E-state index contributed by atoms with van der Waals surface area (Å²) >= 11 is 1.45. The topological polar surface area (TPSA) is 84.9 Å². The highest BCUT2D eigenvalue weighted by Gasteiger charge is 2.17. The van der Waals surface area contributed by atoms with Gasteiger partial charge in [-0.3, -0.25) is 4.79 Å². The molecule has 2 aromatic carbocycles. The van der Waals surface area contributed by atoms with Gasteiger partial charge in [0, 0.05) is 21.5 Å². The highest BCUT2D eigenvalue weighted by atomic mass is 32.2. The van der Waals surface area contributed by atoms with Gasteiger partial charge in [-0.15, -0.1) is 0 Å². The van der Waals surface area contributed by atoms with Gasteiger partial charge >= 0.3 is 0 Å². The summed E-state index contributed by atoms with van der Waals surface area (Å²) in [6.45, 7) is 0. The van der Waals surface area contributed by atoms with Crippen LogP contribution in [0.5, 0.6) is 0 Å². The van der Waals surface area contributed by atoms with E-state index in [2.05, 4.69) is 4.98 Å². The molecule has 1 heterocycles. The molecule has 1 aromatic heterocycles. The molecule has 4 nitrogen and oxygen atoms in total. The Morgan fingerprint density at radius 1 is 1.05 bits per heavy atom.